The third-order valence-electron chi connectivity index (χ3n) is 3.77. The summed E-state index contributed by atoms with van der Waals surface area (Å²) in [4.78, 5) is 12.0. The number of hydrogen-bond donors (Lipinski definition) is 3. The molecule has 134 valence electrons. The Balaban J connectivity index is 1.85. The number of carbonyl (C=O) groups excluding carboxylic acids is 1. The number of aliphatic hydroxyl groups is 1. The van der Waals surface area contributed by atoms with E-state index < -0.39 is 0 Å². The molecule has 0 radical (unpaired) electrons. The molecule has 0 saturated heterocycles. The summed E-state index contributed by atoms with van der Waals surface area (Å²) in [6, 6.07) is 15.2. The van der Waals surface area contributed by atoms with Crippen molar-refractivity contribution in [2.45, 2.75) is 32.9 Å². The van der Waals surface area contributed by atoms with Gasteiger partial charge in [-0.25, -0.2) is 0 Å². The highest BCUT2D eigenvalue weighted by atomic mass is 16.5. The van der Waals surface area contributed by atoms with Gasteiger partial charge in [0.25, 0.3) is 5.91 Å². The predicted molar refractivity (Wildman–Crippen MR) is 99.8 cm³/mol. The number of benzene rings is 2. The first-order valence-corrected chi connectivity index (χ1v) is 8.32. The van der Waals surface area contributed by atoms with Crippen LogP contribution in [0, 0.1) is 6.92 Å². The quantitative estimate of drug-likeness (QED) is 0.690. The van der Waals surface area contributed by atoms with E-state index in [-0.39, 0.29) is 24.7 Å². The zero-order chi connectivity index (χ0) is 18.3. The van der Waals surface area contributed by atoms with Crippen molar-refractivity contribution in [2.75, 3.05) is 18.5 Å². The van der Waals surface area contributed by atoms with Crippen molar-refractivity contribution in [3.8, 4) is 5.75 Å². The van der Waals surface area contributed by atoms with Gasteiger partial charge in [-0.1, -0.05) is 29.8 Å². The number of nitrogens with one attached hydrogen (secondary N) is 2. The Morgan fingerprint density at radius 3 is 2.56 bits per heavy atom. The fraction of sp³-hybridized carbons (Fsp3) is 0.350. The van der Waals surface area contributed by atoms with Crippen molar-refractivity contribution in [1.82, 2.24) is 5.32 Å². The lowest BCUT2D eigenvalue weighted by Gasteiger charge is -2.23. The van der Waals surface area contributed by atoms with Crippen molar-refractivity contribution in [3.05, 3.63) is 59.7 Å². The molecule has 5 heteroatoms. The van der Waals surface area contributed by atoms with E-state index in [1.54, 1.807) is 0 Å². The monoisotopic (exact) mass is 342 g/mol. The van der Waals surface area contributed by atoms with Crippen LogP contribution in [0.15, 0.2) is 48.5 Å². The van der Waals surface area contributed by atoms with Crippen LogP contribution in [-0.4, -0.2) is 29.8 Å². The van der Waals surface area contributed by atoms with Crippen molar-refractivity contribution >= 4 is 11.6 Å². The van der Waals surface area contributed by atoms with Gasteiger partial charge in [0.1, 0.15) is 5.75 Å². The SMILES string of the molecule is Cc1ccc(NC(=O)COc2cccc(CNC(C)(C)CO)c2)cc1. The molecule has 1 amide bonds. The first kappa shape index (κ1) is 19.0. The molecule has 2 aromatic rings. The van der Waals surface area contributed by atoms with Crippen LogP contribution in [0.25, 0.3) is 0 Å². The number of amides is 1. The summed E-state index contributed by atoms with van der Waals surface area (Å²) >= 11 is 0. The Morgan fingerprint density at radius 1 is 1.16 bits per heavy atom. The Kier molecular flexibility index (Phi) is 6.56. The van der Waals surface area contributed by atoms with Gasteiger partial charge in [0.15, 0.2) is 6.61 Å². The van der Waals surface area contributed by atoms with Crippen LogP contribution >= 0.6 is 0 Å². The third kappa shape index (κ3) is 6.57. The number of aryl methyl sites for hydroxylation is 1. The molecule has 0 heterocycles. The number of aliphatic hydroxyl groups excluding tert-OH is 1. The van der Waals surface area contributed by atoms with Crippen molar-refractivity contribution in [1.29, 1.82) is 0 Å². The molecule has 3 N–H and O–H groups in total. The Bertz CT molecular complexity index is 696. The molecule has 0 atom stereocenters. The molecule has 0 aliphatic rings. The van der Waals surface area contributed by atoms with Crippen molar-refractivity contribution in [3.63, 3.8) is 0 Å². The summed E-state index contributed by atoms with van der Waals surface area (Å²) in [5.41, 5.74) is 2.58. The Labute approximate surface area is 149 Å². The fourth-order valence-corrected chi connectivity index (χ4v) is 2.13. The molecule has 0 bridgehead atoms. The summed E-state index contributed by atoms with van der Waals surface area (Å²) in [5.74, 6) is 0.439. The molecule has 0 unspecified atom stereocenters. The summed E-state index contributed by atoms with van der Waals surface area (Å²) in [5, 5.41) is 15.3. The van der Waals surface area contributed by atoms with Crippen LogP contribution in [0.1, 0.15) is 25.0 Å². The minimum Gasteiger partial charge on any atom is -0.484 e. The van der Waals surface area contributed by atoms with Gasteiger partial charge in [-0.3, -0.25) is 4.79 Å². The van der Waals surface area contributed by atoms with Crippen LogP contribution in [0.5, 0.6) is 5.75 Å². The standard InChI is InChI=1S/C20H26N2O3/c1-15-7-9-17(10-8-15)22-19(24)13-25-18-6-4-5-16(11-18)12-21-20(2,3)14-23/h4-11,21,23H,12-14H2,1-3H3,(H,22,24). The zero-order valence-corrected chi connectivity index (χ0v) is 15.0. The second kappa shape index (κ2) is 8.65. The van der Waals surface area contributed by atoms with E-state index in [1.807, 2.05) is 69.3 Å². The van der Waals surface area contributed by atoms with E-state index in [2.05, 4.69) is 10.6 Å². The number of rotatable bonds is 8. The molecule has 0 aliphatic heterocycles. The molecule has 5 nitrogen and oxygen atoms in total. The molecular weight excluding hydrogens is 316 g/mol. The first-order valence-electron chi connectivity index (χ1n) is 8.32. The van der Waals surface area contributed by atoms with Crippen LogP contribution in [0.2, 0.25) is 0 Å². The molecule has 2 rings (SSSR count). The average Bonchev–Trinajstić information content (AvgIpc) is 2.61. The largest absolute Gasteiger partial charge is 0.484 e. The van der Waals surface area contributed by atoms with Crippen LogP contribution in [0.4, 0.5) is 5.69 Å². The van der Waals surface area contributed by atoms with Gasteiger partial charge in [-0.05, 0) is 50.6 Å². The number of anilines is 1. The predicted octanol–water partition coefficient (Wildman–Crippen LogP) is 2.87. The van der Waals surface area contributed by atoms with E-state index in [0.29, 0.717) is 12.3 Å². The number of ether oxygens (including phenoxy) is 1. The maximum absolute atomic E-state index is 12.0. The summed E-state index contributed by atoms with van der Waals surface area (Å²) in [6.07, 6.45) is 0. The average molecular weight is 342 g/mol. The van der Waals surface area contributed by atoms with Crippen molar-refractivity contribution in [2.24, 2.45) is 0 Å². The molecule has 0 fully saturated rings. The van der Waals surface area contributed by atoms with Gasteiger partial charge < -0.3 is 20.5 Å². The summed E-state index contributed by atoms with van der Waals surface area (Å²) < 4.78 is 5.57. The van der Waals surface area contributed by atoms with E-state index in [0.717, 1.165) is 16.8 Å². The molecule has 0 aliphatic carbocycles. The first-order chi connectivity index (χ1) is 11.9. The molecule has 2 aromatic carbocycles. The lowest BCUT2D eigenvalue weighted by atomic mass is 10.1. The second-order valence-electron chi connectivity index (χ2n) is 6.75. The van der Waals surface area contributed by atoms with Crippen LogP contribution < -0.4 is 15.4 Å². The maximum atomic E-state index is 12.0. The summed E-state index contributed by atoms with van der Waals surface area (Å²) in [6.45, 7) is 6.49. The van der Waals surface area contributed by atoms with Gasteiger partial charge in [-0.2, -0.15) is 0 Å². The van der Waals surface area contributed by atoms with Gasteiger partial charge in [0, 0.05) is 17.8 Å². The molecule has 0 spiro atoms. The lowest BCUT2D eigenvalue weighted by Crippen LogP contribution is -2.42. The van der Waals surface area contributed by atoms with Crippen molar-refractivity contribution < 1.29 is 14.6 Å². The minimum absolute atomic E-state index is 0.0487. The van der Waals surface area contributed by atoms with Gasteiger partial charge in [0.2, 0.25) is 0 Å². The van der Waals surface area contributed by atoms with Gasteiger partial charge in [0.05, 0.1) is 6.61 Å². The Hall–Kier alpha value is -2.37. The summed E-state index contributed by atoms with van der Waals surface area (Å²) in [7, 11) is 0. The third-order valence-corrected chi connectivity index (χ3v) is 3.77. The zero-order valence-electron chi connectivity index (χ0n) is 15.0. The number of carbonyl (C=O) groups is 1. The fourth-order valence-electron chi connectivity index (χ4n) is 2.13. The number of hydrogen-bond acceptors (Lipinski definition) is 4. The van der Waals surface area contributed by atoms with E-state index in [1.165, 1.54) is 0 Å². The molecule has 0 aromatic heterocycles. The Morgan fingerprint density at radius 2 is 1.88 bits per heavy atom. The highest BCUT2D eigenvalue weighted by Gasteiger charge is 2.14. The minimum atomic E-state index is -0.342. The molecular formula is C20H26N2O3. The van der Waals surface area contributed by atoms with Crippen LogP contribution in [-0.2, 0) is 11.3 Å². The van der Waals surface area contributed by atoms with E-state index >= 15 is 0 Å². The topological polar surface area (TPSA) is 70.6 Å². The normalized spacial score (nSPS) is 11.2. The maximum Gasteiger partial charge on any atom is 0.262 e. The van der Waals surface area contributed by atoms with Crippen LogP contribution in [0.3, 0.4) is 0 Å². The lowest BCUT2D eigenvalue weighted by molar-refractivity contribution is -0.118. The molecule has 25 heavy (non-hydrogen) atoms. The van der Waals surface area contributed by atoms with E-state index in [9.17, 15) is 9.90 Å². The molecule has 0 saturated carbocycles. The van der Waals surface area contributed by atoms with E-state index in [4.69, 9.17) is 4.74 Å². The highest BCUT2D eigenvalue weighted by molar-refractivity contribution is 5.91. The highest BCUT2D eigenvalue weighted by Crippen LogP contribution is 2.15. The van der Waals surface area contributed by atoms with Gasteiger partial charge in [-0.15, -0.1) is 0 Å². The van der Waals surface area contributed by atoms with Gasteiger partial charge >= 0.3 is 0 Å². The second-order valence-corrected chi connectivity index (χ2v) is 6.75. The smallest absolute Gasteiger partial charge is 0.262 e.